The van der Waals surface area contributed by atoms with E-state index in [1.54, 1.807) is 0 Å². The third-order valence-corrected chi connectivity index (χ3v) is 9.36. The van der Waals surface area contributed by atoms with E-state index in [0.29, 0.717) is 52.9 Å². The van der Waals surface area contributed by atoms with Gasteiger partial charge in [-0.1, -0.05) is 84.9 Å². The number of benzene rings is 5. The summed E-state index contributed by atoms with van der Waals surface area (Å²) in [5, 5.41) is 2.23. The fourth-order valence-corrected chi connectivity index (χ4v) is 7.02. The second-order valence-corrected chi connectivity index (χ2v) is 12.3. The molecular weight excluding hydrogens is 608 g/mol. The number of fused-ring (bicyclic) bond motifs is 1. The molecule has 0 aliphatic carbocycles. The Balaban J connectivity index is 1.25. The normalized spacial score (nSPS) is 19.7. The molecule has 0 unspecified atom stereocenters. The maximum Gasteiger partial charge on any atom is 0.184 e. The average molecular weight is 645 g/mol. The molecule has 8 nitrogen and oxygen atoms in total. The van der Waals surface area contributed by atoms with Crippen LogP contribution in [0.2, 0.25) is 0 Å². The fraction of sp³-hybridized carbons (Fsp3) is 0.300. The summed E-state index contributed by atoms with van der Waals surface area (Å²) < 4.78 is 46.7. The molecule has 4 aliphatic heterocycles. The minimum absolute atomic E-state index is 0.331. The van der Waals surface area contributed by atoms with Crippen molar-refractivity contribution in [2.45, 2.75) is 25.2 Å². The molecule has 0 atom stereocenters. The first-order valence-electron chi connectivity index (χ1n) is 16.6. The zero-order valence-corrected chi connectivity index (χ0v) is 26.5. The van der Waals surface area contributed by atoms with E-state index in [1.807, 2.05) is 0 Å². The van der Waals surface area contributed by atoms with Crippen LogP contribution in [0.1, 0.15) is 47.4 Å². The van der Waals surface area contributed by atoms with Crippen LogP contribution in [0.25, 0.3) is 44.2 Å². The summed E-state index contributed by atoms with van der Waals surface area (Å²) in [5.74, 6) is 0. The topological polar surface area (TPSA) is 73.8 Å². The zero-order chi connectivity index (χ0) is 31.9. The quantitative estimate of drug-likeness (QED) is 0.176. The highest BCUT2D eigenvalue weighted by molar-refractivity contribution is 6.10. The first-order valence-corrected chi connectivity index (χ1v) is 16.6. The smallest absolute Gasteiger partial charge is 0.184 e. The van der Waals surface area contributed by atoms with Crippen molar-refractivity contribution in [3.63, 3.8) is 0 Å². The first-order chi connectivity index (χ1) is 23.8. The van der Waals surface area contributed by atoms with Crippen LogP contribution < -0.4 is 0 Å². The van der Waals surface area contributed by atoms with Crippen LogP contribution in [-0.4, -0.2) is 52.9 Å². The summed E-state index contributed by atoms with van der Waals surface area (Å²) in [6.45, 7) is 4.77. The number of hydrogen-bond acceptors (Lipinski definition) is 8. The molecule has 5 aromatic rings. The van der Waals surface area contributed by atoms with Gasteiger partial charge in [-0.2, -0.15) is 0 Å². The summed E-state index contributed by atoms with van der Waals surface area (Å²) in [4.78, 5) is 0. The van der Waals surface area contributed by atoms with Gasteiger partial charge in [0.25, 0.3) is 0 Å². The van der Waals surface area contributed by atoms with Gasteiger partial charge in [-0.05, 0) is 56.3 Å². The maximum absolute atomic E-state index is 5.94. The molecule has 48 heavy (non-hydrogen) atoms. The van der Waals surface area contributed by atoms with Crippen LogP contribution in [0.15, 0.2) is 97.1 Å². The van der Waals surface area contributed by atoms with Gasteiger partial charge < -0.3 is 37.9 Å². The van der Waals surface area contributed by atoms with Crippen LogP contribution in [0, 0.1) is 0 Å². The monoisotopic (exact) mass is 644 g/mol. The van der Waals surface area contributed by atoms with E-state index >= 15 is 0 Å². The lowest BCUT2D eigenvalue weighted by Gasteiger charge is -2.22. The van der Waals surface area contributed by atoms with Gasteiger partial charge in [-0.3, -0.25) is 0 Å². The van der Waals surface area contributed by atoms with Crippen molar-refractivity contribution in [3.05, 3.63) is 119 Å². The molecule has 4 heterocycles. The lowest BCUT2D eigenvalue weighted by molar-refractivity contribution is -0.0443. The highest BCUT2D eigenvalue weighted by atomic mass is 16.7. The molecular formula is C40H36O8. The molecule has 0 saturated carbocycles. The fourth-order valence-electron chi connectivity index (χ4n) is 7.02. The predicted molar refractivity (Wildman–Crippen MR) is 179 cm³/mol. The summed E-state index contributed by atoms with van der Waals surface area (Å²) >= 11 is 0. The molecule has 9 rings (SSSR count). The Kier molecular flexibility index (Phi) is 8.26. The highest BCUT2D eigenvalue weighted by Gasteiger charge is 2.25. The highest BCUT2D eigenvalue weighted by Crippen LogP contribution is 2.46. The van der Waals surface area contributed by atoms with Crippen molar-refractivity contribution in [3.8, 4) is 33.4 Å². The Morgan fingerprint density at radius 1 is 0.333 bits per heavy atom. The molecule has 0 radical (unpaired) electrons. The van der Waals surface area contributed by atoms with Crippen LogP contribution in [0.3, 0.4) is 0 Å². The second-order valence-electron chi connectivity index (χ2n) is 12.3. The minimum Gasteiger partial charge on any atom is -0.346 e. The van der Waals surface area contributed by atoms with Crippen LogP contribution >= 0.6 is 0 Å². The molecule has 8 heteroatoms. The standard InChI is InChI=1S/C40H36O8/c1-7-28(37-41-15-16-42-37)8-2-25(1)33-23-31-13-14-32(40-47-21-22-48-40)24-34(31)36(27-5-11-30(12-6-27)39-45-19-20-46-39)35(33)26-3-9-29(10-4-26)38-43-17-18-44-38/h1-14,23-24,37-40H,15-22H2. The lowest BCUT2D eigenvalue weighted by atomic mass is 9.83. The van der Waals surface area contributed by atoms with Crippen molar-refractivity contribution in [2.75, 3.05) is 52.9 Å². The van der Waals surface area contributed by atoms with Gasteiger partial charge in [0.2, 0.25) is 0 Å². The van der Waals surface area contributed by atoms with E-state index in [-0.39, 0.29) is 25.2 Å². The van der Waals surface area contributed by atoms with E-state index in [4.69, 9.17) is 37.9 Å². The number of rotatable bonds is 7. The van der Waals surface area contributed by atoms with Crippen molar-refractivity contribution >= 4 is 10.8 Å². The van der Waals surface area contributed by atoms with Crippen molar-refractivity contribution in [1.82, 2.24) is 0 Å². The Morgan fingerprint density at radius 3 is 1.12 bits per heavy atom. The van der Waals surface area contributed by atoms with E-state index in [2.05, 4.69) is 97.1 Å². The van der Waals surface area contributed by atoms with Crippen molar-refractivity contribution < 1.29 is 37.9 Å². The molecule has 0 amide bonds. The molecule has 0 N–H and O–H groups in total. The summed E-state index contributed by atoms with van der Waals surface area (Å²) in [7, 11) is 0. The Hall–Kier alpha value is -3.96. The third-order valence-electron chi connectivity index (χ3n) is 9.36. The molecule has 4 saturated heterocycles. The molecule has 4 aliphatic rings. The van der Waals surface area contributed by atoms with Gasteiger partial charge in [-0.25, -0.2) is 0 Å². The summed E-state index contributed by atoms with van der Waals surface area (Å²) in [6.07, 6.45) is -1.40. The van der Waals surface area contributed by atoms with E-state index in [9.17, 15) is 0 Å². The minimum atomic E-state index is -0.386. The Bertz CT molecular complexity index is 1880. The van der Waals surface area contributed by atoms with Crippen LogP contribution in [0.4, 0.5) is 0 Å². The van der Waals surface area contributed by atoms with Crippen molar-refractivity contribution in [1.29, 1.82) is 0 Å². The first kappa shape index (κ1) is 30.1. The largest absolute Gasteiger partial charge is 0.346 e. The number of ether oxygens (including phenoxy) is 8. The summed E-state index contributed by atoms with van der Waals surface area (Å²) in [5.41, 5.74) is 10.6. The molecule has 4 fully saturated rings. The Labute approximate surface area is 279 Å². The molecule has 0 aromatic heterocycles. The third kappa shape index (κ3) is 5.74. The van der Waals surface area contributed by atoms with Gasteiger partial charge in [0, 0.05) is 22.3 Å². The second kappa shape index (κ2) is 13.2. The molecule has 0 bridgehead atoms. The molecule has 5 aromatic carbocycles. The lowest BCUT2D eigenvalue weighted by Crippen LogP contribution is -2.01. The van der Waals surface area contributed by atoms with Crippen LogP contribution in [-0.2, 0) is 37.9 Å². The summed E-state index contributed by atoms with van der Waals surface area (Å²) in [6, 6.07) is 34.4. The van der Waals surface area contributed by atoms with Crippen LogP contribution in [0.5, 0.6) is 0 Å². The van der Waals surface area contributed by atoms with Gasteiger partial charge in [-0.15, -0.1) is 0 Å². The Morgan fingerprint density at radius 2 is 0.688 bits per heavy atom. The molecule has 244 valence electrons. The van der Waals surface area contributed by atoms with Gasteiger partial charge in [0.15, 0.2) is 25.2 Å². The van der Waals surface area contributed by atoms with E-state index in [0.717, 1.165) is 66.4 Å². The SMILES string of the molecule is c1cc(C2OCCO2)ccc1-c1cc2ccc(C3OCCO3)cc2c(-c2ccc(C3OCCO3)cc2)c1-c1ccc(C2OCCO2)cc1. The maximum atomic E-state index is 5.94. The zero-order valence-electron chi connectivity index (χ0n) is 26.5. The van der Waals surface area contributed by atoms with Crippen molar-refractivity contribution in [2.24, 2.45) is 0 Å². The van der Waals surface area contributed by atoms with E-state index in [1.165, 1.54) is 0 Å². The number of hydrogen-bond donors (Lipinski definition) is 0. The molecule has 0 spiro atoms. The predicted octanol–water partition coefficient (Wildman–Crippen LogP) is 8.02. The van der Waals surface area contributed by atoms with Gasteiger partial charge >= 0.3 is 0 Å². The average Bonchev–Trinajstić information content (AvgIpc) is 4.00. The van der Waals surface area contributed by atoms with E-state index < -0.39 is 0 Å². The van der Waals surface area contributed by atoms with Gasteiger partial charge in [0.1, 0.15) is 0 Å². The van der Waals surface area contributed by atoms with Gasteiger partial charge in [0.05, 0.1) is 52.9 Å².